The van der Waals surface area contributed by atoms with E-state index in [0.29, 0.717) is 31.2 Å². The van der Waals surface area contributed by atoms with Crippen LogP contribution in [0.2, 0.25) is 5.02 Å². The topological polar surface area (TPSA) is 38.8 Å². The molecule has 126 valence electrons. The van der Waals surface area contributed by atoms with E-state index in [0.717, 1.165) is 11.1 Å². The first-order valence-electron chi connectivity index (χ1n) is 7.73. The Balaban J connectivity index is 2.16. The molecule has 0 bridgehead atoms. The van der Waals surface area contributed by atoms with Crippen molar-refractivity contribution in [1.82, 2.24) is 4.90 Å². The third kappa shape index (κ3) is 5.56. The number of hydrogen-bond acceptors (Lipinski definition) is 3. The predicted molar refractivity (Wildman–Crippen MR) is 91.8 cm³/mol. The van der Waals surface area contributed by atoms with Crippen LogP contribution < -0.4 is 0 Å². The van der Waals surface area contributed by atoms with Gasteiger partial charge in [0.15, 0.2) is 0 Å². The maximum Gasteiger partial charge on any atom is 0.410 e. The van der Waals surface area contributed by atoms with Gasteiger partial charge in [-0.1, -0.05) is 30.3 Å². The van der Waals surface area contributed by atoms with Crippen molar-refractivity contribution in [3.8, 4) is 0 Å². The van der Waals surface area contributed by atoms with Crippen LogP contribution >= 0.6 is 11.6 Å². The quantitative estimate of drug-likeness (QED) is 0.763. The van der Waals surface area contributed by atoms with Gasteiger partial charge in [0.25, 0.3) is 0 Å². The third-order valence-electron chi connectivity index (χ3n) is 3.46. The summed E-state index contributed by atoms with van der Waals surface area (Å²) in [6, 6.07) is 7.55. The maximum absolute atomic E-state index is 12.6. The fourth-order valence-corrected chi connectivity index (χ4v) is 2.57. The first-order chi connectivity index (χ1) is 10.7. The molecule has 5 heteroatoms. The van der Waals surface area contributed by atoms with Crippen molar-refractivity contribution in [2.45, 2.75) is 38.8 Å². The van der Waals surface area contributed by atoms with E-state index < -0.39 is 5.60 Å². The second-order valence-electron chi connectivity index (χ2n) is 6.86. The molecule has 0 spiro atoms. The second kappa shape index (κ2) is 7.37. The SMILES string of the molecule is C=C1COCC(Cc2ccc(Cl)cc2)N(C(=O)OC(C)(C)C)C1. The molecule has 1 unspecified atom stereocenters. The second-order valence-corrected chi connectivity index (χ2v) is 7.29. The zero-order chi connectivity index (χ0) is 17.0. The van der Waals surface area contributed by atoms with Gasteiger partial charge in [-0.3, -0.25) is 4.90 Å². The van der Waals surface area contributed by atoms with Crippen LogP contribution in [0.4, 0.5) is 4.79 Å². The van der Waals surface area contributed by atoms with Gasteiger partial charge < -0.3 is 9.47 Å². The van der Waals surface area contributed by atoms with Crippen molar-refractivity contribution < 1.29 is 14.3 Å². The summed E-state index contributed by atoms with van der Waals surface area (Å²) in [6.45, 7) is 10.9. The third-order valence-corrected chi connectivity index (χ3v) is 3.72. The van der Waals surface area contributed by atoms with E-state index in [9.17, 15) is 4.79 Å². The molecule has 4 nitrogen and oxygen atoms in total. The molecular formula is C18H24ClNO3. The molecule has 0 saturated carbocycles. The van der Waals surface area contributed by atoms with Crippen molar-refractivity contribution in [2.24, 2.45) is 0 Å². The van der Waals surface area contributed by atoms with E-state index in [-0.39, 0.29) is 12.1 Å². The molecule has 1 saturated heterocycles. The standard InChI is InChI=1S/C18H24ClNO3/c1-13-10-20(17(21)23-18(2,3)4)16(12-22-11-13)9-14-5-7-15(19)8-6-14/h5-8,16H,1,9-12H2,2-4H3. The lowest BCUT2D eigenvalue weighted by Gasteiger charge is -2.32. The van der Waals surface area contributed by atoms with Gasteiger partial charge in [0.05, 0.1) is 19.3 Å². The molecule has 1 atom stereocenters. The van der Waals surface area contributed by atoms with E-state index in [1.54, 1.807) is 4.90 Å². The van der Waals surface area contributed by atoms with Crippen LogP contribution in [-0.4, -0.2) is 42.4 Å². The fraction of sp³-hybridized carbons (Fsp3) is 0.500. The predicted octanol–water partition coefficient (Wildman–Crippen LogP) is 4.07. The Morgan fingerprint density at radius 3 is 2.65 bits per heavy atom. The molecule has 1 aliphatic rings. The summed E-state index contributed by atoms with van der Waals surface area (Å²) in [4.78, 5) is 14.3. The monoisotopic (exact) mass is 337 g/mol. The van der Waals surface area contributed by atoms with Gasteiger partial charge in [-0.05, 0) is 50.5 Å². The molecule has 1 aromatic carbocycles. The fourth-order valence-electron chi connectivity index (χ4n) is 2.44. The van der Waals surface area contributed by atoms with Gasteiger partial charge in [-0.25, -0.2) is 4.79 Å². The first-order valence-corrected chi connectivity index (χ1v) is 8.11. The van der Waals surface area contributed by atoms with Crippen molar-refractivity contribution in [2.75, 3.05) is 19.8 Å². The van der Waals surface area contributed by atoms with Crippen LogP contribution in [0, 0.1) is 0 Å². The summed E-state index contributed by atoms with van der Waals surface area (Å²) in [5.41, 5.74) is 1.44. The highest BCUT2D eigenvalue weighted by Gasteiger charge is 2.31. The summed E-state index contributed by atoms with van der Waals surface area (Å²) in [5.74, 6) is 0. The molecule has 0 aromatic heterocycles. The normalized spacial score (nSPS) is 19.4. The molecule has 1 amide bonds. The van der Waals surface area contributed by atoms with Crippen LogP contribution in [0.3, 0.4) is 0 Å². The van der Waals surface area contributed by atoms with Crippen LogP contribution in [0.25, 0.3) is 0 Å². The van der Waals surface area contributed by atoms with Crippen molar-refractivity contribution in [1.29, 1.82) is 0 Å². The molecule has 1 fully saturated rings. The number of benzene rings is 1. The van der Waals surface area contributed by atoms with E-state index in [2.05, 4.69) is 6.58 Å². The van der Waals surface area contributed by atoms with E-state index in [1.165, 1.54) is 0 Å². The number of hydrogen-bond donors (Lipinski definition) is 0. The Morgan fingerprint density at radius 2 is 2.04 bits per heavy atom. The highest BCUT2D eigenvalue weighted by atomic mass is 35.5. The highest BCUT2D eigenvalue weighted by Crippen LogP contribution is 2.20. The lowest BCUT2D eigenvalue weighted by molar-refractivity contribution is 0.0126. The smallest absolute Gasteiger partial charge is 0.410 e. The highest BCUT2D eigenvalue weighted by molar-refractivity contribution is 6.30. The maximum atomic E-state index is 12.6. The molecule has 1 aliphatic heterocycles. The van der Waals surface area contributed by atoms with E-state index in [4.69, 9.17) is 21.1 Å². The van der Waals surface area contributed by atoms with Gasteiger partial charge in [0.2, 0.25) is 0 Å². The Bertz CT molecular complexity index is 563. The minimum Gasteiger partial charge on any atom is -0.444 e. The van der Waals surface area contributed by atoms with Crippen LogP contribution in [0.1, 0.15) is 26.3 Å². The van der Waals surface area contributed by atoms with Gasteiger partial charge in [0, 0.05) is 11.6 Å². The average Bonchev–Trinajstić information content (AvgIpc) is 2.61. The Kier molecular flexibility index (Phi) is 5.71. The summed E-state index contributed by atoms with van der Waals surface area (Å²) >= 11 is 5.93. The number of halogens is 1. The van der Waals surface area contributed by atoms with Gasteiger partial charge in [-0.2, -0.15) is 0 Å². The van der Waals surface area contributed by atoms with Crippen molar-refractivity contribution >= 4 is 17.7 Å². The number of carbonyl (C=O) groups excluding carboxylic acids is 1. The molecule has 23 heavy (non-hydrogen) atoms. The van der Waals surface area contributed by atoms with Crippen molar-refractivity contribution in [3.05, 3.63) is 47.0 Å². The first kappa shape index (κ1) is 17.8. The number of ether oxygens (including phenoxy) is 2. The zero-order valence-corrected chi connectivity index (χ0v) is 14.7. The molecular weight excluding hydrogens is 314 g/mol. The van der Waals surface area contributed by atoms with Gasteiger partial charge in [0.1, 0.15) is 5.60 Å². The van der Waals surface area contributed by atoms with E-state index in [1.807, 2.05) is 45.0 Å². The molecule has 2 rings (SSSR count). The minimum atomic E-state index is -0.531. The van der Waals surface area contributed by atoms with Crippen LogP contribution in [0.5, 0.6) is 0 Å². The molecule has 1 heterocycles. The van der Waals surface area contributed by atoms with E-state index >= 15 is 0 Å². The molecule has 1 aromatic rings. The zero-order valence-electron chi connectivity index (χ0n) is 14.0. The number of carbonyl (C=O) groups is 1. The van der Waals surface area contributed by atoms with Crippen LogP contribution in [-0.2, 0) is 15.9 Å². The Hall–Kier alpha value is -1.52. The number of nitrogens with zero attached hydrogens (tertiary/aromatic N) is 1. The lowest BCUT2D eigenvalue weighted by atomic mass is 10.1. The Morgan fingerprint density at radius 1 is 1.39 bits per heavy atom. The largest absolute Gasteiger partial charge is 0.444 e. The van der Waals surface area contributed by atoms with Gasteiger partial charge >= 0.3 is 6.09 Å². The summed E-state index contributed by atoms with van der Waals surface area (Å²) in [5, 5.41) is 0.697. The molecule has 0 N–H and O–H groups in total. The van der Waals surface area contributed by atoms with Crippen molar-refractivity contribution in [3.63, 3.8) is 0 Å². The summed E-state index contributed by atoms with van der Waals surface area (Å²) < 4.78 is 11.2. The molecule has 0 radical (unpaired) electrons. The minimum absolute atomic E-state index is 0.0923. The lowest BCUT2D eigenvalue weighted by Crippen LogP contribution is -2.46. The number of rotatable bonds is 2. The summed E-state index contributed by atoms with van der Waals surface area (Å²) in [7, 11) is 0. The summed E-state index contributed by atoms with van der Waals surface area (Å²) in [6.07, 6.45) is 0.354. The Labute approximate surface area is 143 Å². The molecule has 0 aliphatic carbocycles. The van der Waals surface area contributed by atoms with Crippen LogP contribution in [0.15, 0.2) is 36.4 Å². The number of amides is 1. The van der Waals surface area contributed by atoms with Gasteiger partial charge in [-0.15, -0.1) is 0 Å². The average molecular weight is 338 g/mol.